The minimum atomic E-state index is -0.564. The van der Waals surface area contributed by atoms with E-state index in [0.29, 0.717) is 12.1 Å². The Morgan fingerprint density at radius 2 is 2.11 bits per heavy atom. The van der Waals surface area contributed by atoms with Gasteiger partial charge in [-0.05, 0) is 19.4 Å². The Bertz CT molecular complexity index is 448. The number of nitro benzene ring substituents is 1. The molecule has 6 heteroatoms. The van der Waals surface area contributed by atoms with Crippen LogP contribution in [0.15, 0.2) is 24.3 Å². The topological polar surface area (TPSA) is 81.5 Å². The van der Waals surface area contributed by atoms with Crippen molar-refractivity contribution < 1.29 is 14.5 Å². The number of carbonyl (C=O) groups is 1. The second-order valence-corrected chi connectivity index (χ2v) is 4.01. The summed E-state index contributed by atoms with van der Waals surface area (Å²) in [4.78, 5) is 22.2. The molecule has 0 heterocycles. The highest BCUT2D eigenvalue weighted by atomic mass is 16.6. The predicted molar refractivity (Wildman–Crippen MR) is 72.0 cm³/mol. The SMILES string of the molecule is CCCC(Nc1ccccc1[N+](=O)[O-])C(=O)OCC. The van der Waals surface area contributed by atoms with E-state index in [1.807, 2.05) is 6.92 Å². The molecule has 1 N–H and O–H groups in total. The molecule has 1 aromatic rings. The molecule has 0 aliphatic rings. The van der Waals surface area contributed by atoms with Gasteiger partial charge in [0, 0.05) is 6.07 Å². The Labute approximate surface area is 111 Å². The molecule has 1 unspecified atom stereocenters. The second-order valence-electron chi connectivity index (χ2n) is 4.01. The van der Waals surface area contributed by atoms with Crippen molar-refractivity contribution in [2.75, 3.05) is 11.9 Å². The predicted octanol–water partition coefficient (Wildman–Crippen LogP) is 2.74. The standard InChI is InChI=1S/C13H18N2O4/c1-3-7-11(13(16)19-4-2)14-10-8-5-6-9-12(10)15(17)18/h5-6,8-9,11,14H,3-4,7H2,1-2H3. The molecule has 0 aromatic heterocycles. The lowest BCUT2D eigenvalue weighted by molar-refractivity contribution is -0.384. The van der Waals surface area contributed by atoms with Gasteiger partial charge in [-0.2, -0.15) is 0 Å². The van der Waals surface area contributed by atoms with Gasteiger partial charge >= 0.3 is 5.97 Å². The van der Waals surface area contributed by atoms with Crippen LogP contribution in [0.4, 0.5) is 11.4 Å². The van der Waals surface area contributed by atoms with E-state index in [2.05, 4.69) is 5.32 Å². The first kappa shape index (κ1) is 14.9. The average molecular weight is 266 g/mol. The van der Waals surface area contributed by atoms with Crippen LogP contribution in [-0.4, -0.2) is 23.5 Å². The first-order chi connectivity index (χ1) is 9.10. The molecule has 0 fully saturated rings. The third-order valence-electron chi connectivity index (χ3n) is 2.58. The minimum Gasteiger partial charge on any atom is -0.464 e. The quantitative estimate of drug-likeness (QED) is 0.466. The Kier molecular flexibility index (Phi) is 5.78. The highest BCUT2D eigenvalue weighted by Crippen LogP contribution is 2.24. The van der Waals surface area contributed by atoms with Crippen molar-refractivity contribution in [1.82, 2.24) is 0 Å². The number of carbonyl (C=O) groups excluding carboxylic acids is 1. The first-order valence-corrected chi connectivity index (χ1v) is 6.26. The molecule has 0 saturated heterocycles. The Hall–Kier alpha value is -2.11. The van der Waals surface area contributed by atoms with E-state index in [1.165, 1.54) is 6.07 Å². The van der Waals surface area contributed by atoms with Gasteiger partial charge in [0.05, 0.1) is 11.5 Å². The number of nitrogens with one attached hydrogen (secondary N) is 1. The van der Waals surface area contributed by atoms with Crippen molar-refractivity contribution >= 4 is 17.3 Å². The monoisotopic (exact) mass is 266 g/mol. The largest absolute Gasteiger partial charge is 0.464 e. The Balaban J connectivity index is 2.90. The van der Waals surface area contributed by atoms with Crippen LogP contribution in [0.5, 0.6) is 0 Å². The number of nitro groups is 1. The van der Waals surface area contributed by atoms with Gasteiger partial charge in [0.2, 0.25) is 0 Å². The highest BCUT2D eigenvalue weighted by Gasteiger charge is 2.22. The average Bonchev–Trinajstić information content (AvgIpc) is 2.39. The fourth-order valence-corrected chi connectivity index (χ4v) is 1.72. The number of rotatable bonds is 7. The molecular weight excluding hydrogens is 248 g/mol. The van der Waals surface area contributed by atoms with Crippen LogP contribution in [0.2, 0.25) is 0 Å². The lowest BCUT2D eigenvalue weighted by atomic mass is 10.1. The summed E-state index contributed by atoms with van der Waals surface area (Å²) in [6, 6.07) is 5.69. The number of para-hydroxylation sites is 2. The summed E-state index contributed by atoms with van der Waals surface area (Å²) >= 11 is 0. The second kappa shape index (κ2) is 7.35. The number of ether oxygens (including phenoxy) is 1. The number of nitrogens with zero attached hydrogens (tertiary/aromatic N) is 1. The van der Waals surface area contributed by atoms with E-state index in [4.69, 9.17) is 4.74 Å². The number of anilines is 1. The number of benzene rings is 1. The molecule has 19 heavy (non-hydrogen) atoms. The molecule has 104 valence electrons. The van der Waals surface area contributed by atoms with Gasteiger partial charge in [0.25, 0.3) is 5.69 Å². The summed E-state index contributed by atoms with van der Waals surface area (Å²) in [5.74, 6) is -0.387. The van der Waals surface area contributed by atoms with Crippen LogP contribution < -0.4 is 5.32 Å². The number of hydrogen-bond donors (Lipinski definition) is 1. The lowest BCUT2D eigenvalue weighted by Gasteiger charge is -2.17. The van der Waals surface area contributed by atoms with Crippen LogP contribution in [-0.2, 0) is 9.53 Å². The zero-order chi connectivity index (χ0) is 14.3. The van der Waals surface area contributed by atoms with E-state index >= 15 is 0 Å². The lowest BCUT2D eigenvalue weighted by Crippen LogP contribution is -2.31. The summed E-state index contributed by atoms with van der Waals surface area (Å²) in [7, 11) is 0. The Morgan fingerprint density at radius 1 is 1.42 bits per heavy atom. The van der Waals surface area contributed by atoms with Gasteiger partial charge in [-0.15, -0.1) is 0 Å². The summed E-state index contributed by atoms with van der Waals surface area (Å²) in [5.41, 5.74) is 0.284. The van der Waals surface area contributed by atoms with E-state index in [0.717, 1.165) is 6.42 Å². The summed E-state index contributed by atoms with van der Waals surface area (Å²) in [6.07, 6.45) is 1.34. The molecule has 1 atom stereocenters. The van der Waals surface area contributed by atoms with Crippen LogP contribution in [0, 0.1) is 10.1 Å². The van der Waals surface area contributed by atoms with Gasteiger partial charge in [0.15, 0.2) is 0 Å². The molecule has 0 bridgehead atoms. The maximum absolute atomic E-state index is 11.8. The fraction of sp³-hybridized carbons (Fsp3) is 0.462. The van der Waals surface area contributed by atoms with E-state index in [-0.39, 0.29) is 18.3 Å². The van der Waals surface area contributed by atoms with Crippen molar-refractivity contribution in [2.24, 2.45) is 0 Å². The zero-order valence-corrected chi connectivity index (χ0v) is 11.1. The van der Waals surface area contributed by atoms with E-state index in [1.54, 1.807) is 25.1 Å². The normalized spacial score (nSPS) is 11.7. The maximum atomic E-state index is 11.8. The number of hydrogen-bond acceptors (Lipinski definition) is 5. The molecule has 0 amide bonds. The minimum absolute atomic E-state index is 0.0482. The van der Waals surface area contributed by atoms with Crippen molar-refractivity contribution in [3.8, 4) is 0 Å². The molecule has 0 saturated carbocycles. The van der Waals surface area contributed by atoms with Crippen LogP contribution in [0.25, 0.3) is 0 Å². The third kappa shape index (κ3) is 4.24. The smallest absolute Gasteiger partial charge is 0.328 e. The van der Waals surface area contributed by atoms with Crippen LogP contribution in [0.1, 0.15) is 26.7 Å². The molecule has 0 aliphatic heterocycles. The van der Waals surface area contributed by atoms with Crippen molar-refractivity contribution in [3.05, 3.63) is 34.4 Å². The van der Waals surface area contributed by atoms with Gasteiger partial charge in [-0.3, -0.25) is 10.1 Å². The molecule has 0 spiro atoms. The maximum Gasteiger partial charge on any atom is 0.328 e. The summed E-state index contributed by atoms with van der Waals surface area (Å²) in [6.45, 7) is 3.96. The summed E-state index contributed by atoms with van der Waals surface area (Å²) in [5, 5.41) is 13.8. The highest BCUT2D eigenvalue weighted by molar-refractivity contribution is 5.80. The van der Waals surface area contributed by atoms with Gasteiger partial charge in [-0.1, -0.05) is 25.5 Å². The summed E-state index contributed by atoms with van der Waals surface area (Å²) < 4.78 is 4.96. The Morgan fingerprint density at radius 3 is 2.68 bits per heavy atom. The van der Waals surface area contributed by atoms with Gasteiger partial charge < -0.3 is 10.1 Å². The zero-order valence-electron chi connectivity index (χ0n) is 11.1. The number of esters is 1. The van der Waals surface area contributed by atoms with Crippen LogP contribution >= 0.6 is 0 Å². The molecule has 0 radical (unpaired) electrons. The third-order valence-corrected chi connectivity index (χ3v) is 2.58. The van der Waals surface area contributed by atoms with Crippen LogP contribution in [0.3, 0.4) is 0 Å². The van der Waals surface area contributed by atoms with Gasteiger partial charge in [0.1, 0.15) is 11.7 Å². The first-order valence-electron chi connectivity index (χ1n) is 6.26. The molecular formula is C13H18N2O4. The molecule has 1 aromatic carbocycles. The van der Waals surface area contributed by atoms with Crippen molar-refractivity contribution in [1.29, 1.82) is 0 Å². The van der Waals surface area contributed by atoms with Crippen molar-refractivity contribution in [2.45, 2.75) is 32.7 Å². The molecule has 1 rings (SSSR count). The molecule has 0 aliphatic carbocycles. The van der Waals surface area contributed by atoms with E-state index < -0.39 is 11.0 Å². The van der Waals surface area contributed by atoms with Gasteiger partial charge in [-0.25, -0.2) is 4.79 Å². The van der Waals surface area contributed by atoms with Crippen molar-refractivity contribution in [3.63, 3.8) is 0 Å². The fourth-order valence-electron chi connectivity index (χ4n) is 1.72. The molecule has 6 nitrogen and oxygen atoms in total. The van der Waals surface area contributed by atoms with E-state index in [9.17, 15) is 14.9 Å².